The second-order valence-electron chi connectivity index (χ2n) is 6.14. The van der Waals surface area contributed by atoms with E-state index in [1.165, 1.54) is 30.4 Å². The van der Waals surface area contributed by atoms with Crippen molar-refractivity contribution in [3.63, 3.8) is 0 Å². The first-order chi connectivity index (χ1) is 9.40. The number of carbonyl (C=O) groups excluding carboxylic acids is 2. The van der Waals surface area contributed by atoms with Crippen molar-refractivity contribution in [3.05, 3.63) is 11.1 Å². The Morgan fingerprint density at radius 3 is 2.40 bits per heavy atom. The summed E-state index contributed by atoms with van der Waals surface area (Å²) in [5, 5.41) is 0. The van der Waals surface area contributed by atoms with Crippen LogP contribution in [0.25, 0.3) is 0 Å². The summed E-state index contributed by atoms with van der Waals surface area (Å²) in [4.78, 5) is 22.7. The van der Waals surface area contributed by atoms with Crippen LogP contribution in [0, 0.1) is 17.8 Å². The van der Waals surface area contributed by atoms with Crippen molar-refractivity contribution in [2.75, 3.05) is 0 Å². The maximum absolute atomic E-state index is 11.6. The van der Waals surface area contributed by atoms with Gasteiger partial charge >= 0.3 is 11.9 Å². The zero-order valence-corrected chi connectivity index (χ0v) is 13.5. The van der Waals surface area contributed by atoms with E-state index in [0.717, 1.165) is 0 Å². The van der Waals surface area contributed by atoms with Gasteiger partial charge in [-0.1, -0.05) is 44.8 Å². The summed E-state index contributed by atoms with van der Waals surface area (Å²) >= 11 is 0. The molecule has 0 aliphatic carbocycles. The minimum absolute atomic E-state index is 0.241. The maximum Gasteiger partial charge on any atom is 0.317 e. The van der Waals surface area contributed by atoms with Crippen molar-refractivity contribution in [1.82, 2.24) is 0 Å². The van der Waals surface area contributed by atoms with Crippen LogP contribution in [0.3, 0.4) is 0 Å². The lowest BCUT2D eigenvalue weighted by atomic mass is 9.79. The fourth-order valence-electron chi connectivity index (χ4n) is 3.05. The molecule has 1 aliphatic heterocycles. The summed E-state index contributed by atoms with van der Waals surface area (Å²) in [5.41, 5.74) is 2.65. The number of esters is 2. The Morgan fingerprint density at radius 1 is 1.30 bits per heavy atom. The van der Waals surface area contributed by atoms with Crippen LogP contribution >= 0.6 is 0 Å². The monoisotopic (exact) mass is 280 g/mol. The normalized spacial score (nSPS) is 23.4. The van der Waals surface area contributed by atoms with Gasteiger partial charge in [0.05, 0.1) is 12.3 Å². The Kier molecular flexibility index (Phi) is 6.44. The quantitative estimate of drug-likeness (QED) is 0.397. The Morgan fingerprint density at radius 2 is 1.95 bits per heavy atom. The van der Waals surface area contributed by atoms with Crippen LogP contribution in [0.4, 0.5) is 0 Å². The molecule has 3 unspecified atom stereocenters. The van der Waals surface area contributed by atoms with Crippen molar-refractivity contribution >= 4 is 11.9 Å². The smallest absolute Gasteiger partial charge is 0.317 e. The van der Waals surface area contributed by atoms with E-state index >= 15 is 0 Å². The lowest BCUT2D eigenvalue weighted by Crippen LogP contribution is -2.15. The third kappa shape index (κ3) is 4.19. The number of cyclic esters (lactones) is 2. The van der Waals surface area contributed by atoms with Gasteiger partial charge in [-0.25, -0.2) is 0 Å². The van der Waals surface area contributed by atoms with Gasteiger partial charge in [-0.2, -0.15) is 0 Å². The molecule has 0 amide bonds. The average Bonchev–Trinajstić information content (AvgIpc) is 2.72. The Hall–Kier alpha value is -1.12. The SMILES string of the molecule is CCCC(C(C)=C(C)CC1CC(=O)OC1=O)C(C)CC. The summed E-state index contributed by atoms with van der Waals surface area (Å²) in [5.74, 6) is 0.243. The molecule has 0 radical (unpaired) electrons. The van der Waals surface area contributed by atoms with Crippen LogP contribution in [0.2, 0.25) is 0 Å². The predicted molar refractivity (Wildman–Crippen MR) is 80.1 cm³/mol. The highest BCUT2D eigenvalue weighted by Crippen LogP contribution is 2.33. The maximum atomic E-state index is 11.6. The van der Waals surface area contributed by atoms with Gasteiger partial charge in [-0.3, -0.25) is 9.59 Å². The molecule has 0 aromatic rings. The van der Waals surface area contributed by atoms with Gasteiger partial charge in [0.1, 0.15) is 0 Å². The number of ether oxygens (including phenoxy) is 1. The molecule has 3 nitrogen and oxygen atoms in total. The molecule has 1 saturated heterocycles. The molecule has 0 aromatic heterocycles. The second kappa shape index (κ2) is 7.61. The van der Waals surface area contributed by atoms with Gasteiger partial charge in [0.15, 0.2) is 0 Å². The lowest BCUT2D eigenvalue weighted by molar-refractivity contribution is -0.153. The highest BCUT2D eigenvalue weighted by Gasteiger charge is 2.33. The Balaban J connectivity index is 2.80. The third-order valence-corrected chi connectivity index (χ3v) is 4.67. The molecule has 20 heavy (non-hydrogen) atoms. The minimum atomic E-state index is -0.377. The molecule has 1 aliphatic rings. The van der Waals surface area contributed by atoms with Crippen LogP contribution in [0.15, 0.2) is 11.1 Å². The molecular weight excluding hydrogens is 252 g/mol. The van der Waals surface area contributed by atoms with Gasteiger partial charge in [0, 0.05) is 0 Å². The van der Waals surface area contributed by atoms with Crippen molar-refractivity contribution in [3.8, 4) is 0 Å². The van der Waals surface area contributed by atoms with E-state index in [1.54, 1.807) is 0 Å². The first kappa shape index (κ1) is 16.9. The Bertz CT molecular complexity index is 395. The molecule has 114 valence electrons. The first-order valence-corrected chi connectivity index (χ1v) is 7.81. The highest BCUT2D eigenvalue weighted by molar-refractivity contribution is 5.94. The van der Waals surface area contributed by atoms with Crippen LogP contribution in [-0.2, 0) is 14.3 Å². The van der Waals surface area contributed by atoms with Crippen molar-refractivity contribution < 1.29 is 14.3 Å². The molecule has 3 atom stereocenters. The Labute approximate surface area is 122 Å². The van der Waals surface area contributed by atoms with Crippen molar-refractivity contribution in [1.29, 1.82) is 0 Å². The summed E-state index contributed by atoms with van der Waals surface area (Å²) < 4.78 is 4.63. The molecule has 1 heterocycles. The fraction of sp³-hybridized carbons (Fsp3) is 0.765. The van der Waals surface area contributed by atoms with Crippen LogP contribution in [0.5, 0.6) is 0 Å². The molecule has 3 heteroatoms. The fourth-order valence-corrected chi connectivity index (χ4v) is 3.05. The van der Waals surface area contributed by atoms with Crippen LogP contribution < -0.4 is 0 Å². The first-order valence-electron chi connectivity index (χ1n) is 7.81. The molecular formula is C17H28O3. The van der Waals surface area contributed by atoms with E-state index < -0.39 is 0 Å². The van der Waals surface area contributed by atoms with Crippen LogP contribution in [0.1, 0.15) is 66.7 Å². The minimum Gasteiger partial charge on any atom is -0.393 e. The van der Waals surface area contributed by atoms with E-state index in [-0.39, 0.29) is 24.3 Å². The number of rotatable bonds is 7. The van der Waals surface area contributed by atoms with Crippen molar-refractivity contribution in [2.45, 2.75) is 66.7 Å². The van der Waals surface area contributed by atoms with Crippen LogP contribution in [-0.4, -0.2) is 11.9 Å². The summed E-state index contributed by atoms with van der Waals surface area (Å²) in [7, 11) is 0. The van der Waals surface area contributed by atoms with E-state index in [1.807, 2.05) is 0 Å². The molecule has 0 saturated carbocycles. The second-order valence-corrected chi connectivity index (χ2v) is 6.14. The molecule has 0 N–H and O–H groups in total. The molecule has 0 spiro atoms. The van der Waals surface area contributed by atoms with Gasteiger partial charge < -0.3 is 4.74 Å². The lowest BCUT2D eigenvalue weighted by Gasteiger charge is -2.26. The number of hydrogen-bond acceptors (Lipinski definition) is 3. The molecule has 0 aromatic carbocycles. The standard InChI is InChI=1S/C17H28O3/c1-6-8-15(11(3)7-2)13(5)12(4)9-14-10-16(18)20-17(14)19/h11,14-15H,6-10H2,1-5H3. The zero-order valence-electron chi connectivity index (χ0n) is 13.5. The summed E-state index contributed by atoms with van der Waals surface area (Å²) in [6.07, 6.45) is 4.42. The number of allylic oxidation sites excluding steroid dienone is 2. The van der Waals surface area contributed by atoms with E-state index in [9.17, 15) is 9.59 Å². The highest BCUT2D eigenvalue weighted by atomic mass is 16.6. The molecule has 1 fully saturated rings. The molecule has 1 rings (SSSR count). The van der Waals surface area contributed by atoms with Gasteiger partial charge in [0.25, 0.3) is 0 Å². The van der Waals surface area contributed by atoms with Crippen molar-refractivity contribution in [2.24, 2.45) is 17.8 Å². The van der Waals surface area contributed by atoms with Gasteiger partial charge in [-0.15, -0.1) is 0 Å². The molecule has 0 bridgehead atoms. The van der Waals surface area contributed by atoms with E-state index in [4.69, 9.17) is 0 Å². The van der Waals surface area contributed by atoms with Gasteiger partial charge in [0.2, 0.25) is 0 Å². The number of hydrogen-bond donors (Lipinski definition) is 0. The summed E-state index contributed by atoms with van der Waals surface area (Å²) in [6.45, 7) is 11.0. The largest absolute Gasteiger partial charge is 0.393 e. The average molecular weight is 280 g/mol. The predicted octanol–water partition coefficient (Wildman–Crippen LogP) is 4.27. The topological polar surface area (TPSA) is 43.4 Å². The van der Waals surface area contributed by atoms with E-state index in [0.29, 0.717) is 18.3 Å². The number of carbonyl (C=O) groups is 2. The van der Waals surface area contributed by atoms with E-state index in [2.05, 4.69) is 39.4 Å². The summed E-state index contributed by atoms with van der Waals surface area (Å²) in [6, 6.07) is 0. The third-order valence-electron chi connectivity index (χ3n) is 4.67. The van der Waals surface area contributed by atoms with Gasteiger partial charge in [-0.05, 0) is 38.5 Å². The zero-order chi connectivity index (χ0) is 15.3.